The molecule has 0 N–H and O–H groups in total. The van der Waals surface area contributed by atoms with Crippen LogP contribution < -0.4 is 0 Å². The summed E-state index contributed by atoms with van der Waals surface area (Å²) in [5.41, 5.74) is 0. The average Bonchev–Trinajstić information content (AvgIpc) is 3.48. The molecule has 0 aliphatic rings. The lowest BCUT2D eigenvalue weighted by atomic mass is 10.0. The minimum absolute atomic E-state index is 0.0867. The van der Waals surface area contributed by atoms with E-state index in [0.29, 0.717) is 19.3 Å². The zero-order valence-corrected chi connectivity index (χ0v) is 53.5. The number of hydrogen-bond acceptors (Lipinski definition) is 6. The second-order valence-corrected chi connectivity index (χ2v) is 22.3. The maximum atomic E-state index is 12.9. The van der Waals surface area contributed by atoms with E-state index in [1.165, 1.54) is 122 Å². The first kappa shape index (κ1) is 77.5. The van der Waals surface area contributed by atoms with Gasteiger partial charge < -0.3 is 14.2 Å². The molecule has 0 spiro atoms. The monoisotopic (exact) mass is 1130 g/mol. The van der Waals surface area contributed by atoms with E-state index in [1.807, 2.05) is 0 Å². The number of ether oxygens (including phenoxy) is 3. The van der Waals surface area contributed by atoms with E-state index in [9.17, 15) is 14.4 Å². The van der Waals surface area contributed by atoms with Crippen LogP contribution in [0.3, 0.4) is 0 Å². The molecule has 0 bridgehead atoms. The first-order valence-electron chi connectivity index (χ1n) is 34.2. The topological polar surface area (TPSA) is 78.9 Å². The van der Waals surface area contributed by atoms with E-state index in [-0.39, 0.29) is 31.1 Å². The Bertz CT molecular complexity index is 1730. The molecule has 0 aromatic heterocycles. The number of allylic oxidation sites excluding steroid dienone is 22. The Hall–Kier alpha value is -4.45. The summed E-state index contributed by atoms with van der Waals surface area (Å²) in [4.78, 5) is 38.3. The van der Waals surface area contributed by atoms with Crippen molar-refractivity contribution in [2.24, 2.45) is 0 Å². The first-order chi connectivity index (χ1) is 40.5. The minimum Gasteiger partial charge on any atom is -0.462 e. The molecule has 0 amide bonds. The smallest absolute Gasteiger partial charge is 0.306 e. The van der Waals surface area contributed by atoms with Crippen molar-refractivity contribution in [1.82, 2.24) is 0 Å². The lowest BCUT2D eigenvalue weighted by Gasteiger charge is -2.18. The highest BCUT2D eigenvalue weighted by Crippen LogP contribution is 2.16. The second-order valence-electron chi connectivity index (χ2n) is 22.3. The van der Waals surface area contributed by atoms with Gasteiger partial charge in [-0.3, -0.25) is 14.4 Å². The van der Waals surface area contributed by atoms with Crippen LogP contribution in [0.2, 0.25) is 0 Å². The Morgan fingerprint density at radius 2 is 0.476 bits per heavy atom. The Morgan fingerprint density at radius 1 is 0.256 bits per heavy atom. The standard InChI is InChI=1S/C76H126O6/c1-4-7-10-13-16-19-22-24-26-28-30-32-34-36-38-40-42-44-46-48-50-52-54-57-60-63-66-69-75(78)81-72-73(71-80-74(77)68-65-62-59-56-21-18-15-12-9-6-3)82-76(79)70-67-64-61-58-55-53-51-49-47-45-43-41-39-37-35-33-31-29-27-25-23-20-17-14-11-8-5-2/h7-8,10-12,15-17,19-20,24-27,30-33,36,38,42,44,73H,4-6,9,13-14,18,21-23,28-29,34-35,37,39-41,43,45-72H2,1-3H3/b10-7-,11-8-,15-12-,19-16-,20-17-,26-24-,27-25-,32-30-,33-31-,38-36-,44-42-. The highest BCUT2D eigenvalue weighted by atomic mass is 16.6. The zero-order chi connectivity index (χ0) is 59.2. The highest BCUT2D eigenvalue weighted by Gasteiger charge is 2.19. The van der Waals surface area contributed by atoms with Gasteiger partial charge in [0.05, 0.1) is 0 Å². The van der Waals surface area contributed by atoms with Crippen LogP contribution in [0.15, 0.2) is 134 Å². The Morgan fingerprint density at radius 3 is 0.756 bits per heavy atom. The van der Waals surface area contributed by atoms with Crippen molar-refractivity contribution >= 4 is 17.9 Å². The average molecular weight is 1140 g/mol. The molecular formula is C76H126O6. The molecular weight excluding hydrogens is 1010 g/mol. The van der Waals surface area contributed by atoms with Gasteiger partial charge in [0.25, 0.3) is 0 Å². The Kier molecular flexibility index (Phi) is 65.3. The lowest BCUT2D eigenvalue weighted by Crippen LogP contribution is -2.30. The third kappa shape index (κ3) is 66.4. The van der Waals surface area contributed by atoms with Crippen LogP contribution in [0, 0.1) is 0 Å². The van der Waals surface area contributed by atoms with Crippen molar-refractivity contribution in [2.45, 2.75) is 316 Å². The molecule has 6 heteroatoms. The van der Waals surface area contributed by atoms with Crippen molar-refractivity contribution in [3.8, 4) is 0 Å². The molecule has 0 aliphatic heterocycles. The molecule has 0 aromatic carbocycles. The molecule has 0 fully saturated rings. The minimum atomic E-state index is -0.790. The van der Waals surface area contributed by atoms with Crippen molar-refractivity contribution < 1.29 is 28.6 Å². The SMILES string of the molecule is CC/C=C\C/C=C\C/C=C\C/C=C\C/C=C\C/C=C\CCCCCCCCCCC(=O)OCC(COC(=O)CCCCCCC/C=C\CCC)OC(=O)CCCCCCCCCCCCCCCC/C=C\C/C=C\C/C=C\C/C=C\CC. The van der Waals surface area contributed by atoms with Crippen LogP contribution in [0.4, 0.5) is 0 Å². The summed E-state index contributed by atoms with van der Waals surface area (Å²) in [5, 5.41) is 0. The molecule has 0 aromatic rings. The van der Waals surface area contributed by atoms with Gasteiger partial charge in [-0.1, -0.05) is 296 Å². The molecule has 6 nitrogen and oxygen atoms in total. The summed E-state index contributed by atoms with van der Waals surface area (Å²) in [7, 11) is 0. The number of esters is 3. The maximum Gasteiger partial charge on any atom is 0.306 e. The van der Waals surface area contributed by atoms with Crippen LogP contribution in [-0.2, 0) is 28.6 Å². The normalized spacial score (nSPS) is 13.0. The van der Waals surface area contributed by atoms with Crippen LogP contribution in [0.1, 0.15) is 310 Å². The van der Waals surface area contributed by atoms with E-state index in [1.54, 1.807) is 0 Å². The van der Waals surface area contributed by atoms with E-state index < -0.39 is 6.10 Å². The number of carbonyl (C=O) groups excluding carboxylic acids is 3. The van der Waals surface area contributed by atoms with Gasteiger partial charge >= 0.3 is 17.9 Å². The van der Waals surface area contributed by atoms with Gasteiger partial charge in [-0.25, -0.2) is 0 Å². The van der Waals surface area contributed by atoms with E-state index >= 15 is 0 Å². The molecule has 0 radical (unpaired) electrons. The number of unbranched alkanes of at least 4 members (excludes halogenated alkanes) is 28. The summed E-state index contributed by atoms with van der Waals surface area (Å²) in [6, 6.07) is 0. The van der Waals surface area contributed by atoms with Crippen LogP contribution in [0.5, 0.6) is 0 Å². The zero-order valence-electron chi connectivity index (χ0n) is 53.5. The summed E-state index contributed by atoms with van der Waals surface area (Å²) >= 11 is 0. The van der Waals surface area contributed by atoms with Crippen molar-refractivity contribution in [2.75, 3.05) is 13.2 Å². The van der Waals surface area contributed by atoms with Gasteiger partial charge in [0.2, 0.25) is 0 Å². The van der Waals surface area contributed by atoms with Crippen LogP contribution in [-0.4, -0.2) is 37.2 Å². The molecule has 0 aliphatic carbocycles. The fourth-order valence-corrected chi connectivity index (χ4v) is 9.32. The number of rotatable bonds is 61. The molecule has 82 heavy (non-hydrogen) atoms. The van der Waals surface area contributed by atoms with Gasteiger partial charge in [0.1, 0.15) is 13.2 Å². The predicted molar refractivity (Wildman–Crippen MR) is 357 cm³/mol. The molecule has 0 saturated heterocycles. The molecule has 0 saturated carbocycles. The van der Waals surface area contributed by atoms with Gasteiger partial charge in [-0.15, -0.1) is 0 Å². The van der Waals surface area contributed by atoms with Gasteiger partial charge in [0, 0.05) is 19.3 Å². The summed E-state index contributed by atoms with van der Waals surface area (Å²) in [5.74, 6) is -0.900. The molecule has 1 atom stereocenters. The second kappa shape index (κ2) is 69.0. The van der Waals surface area contributed by atoms with Gasteiger partial charge in [-0.2, -0.15) is 0 Å². The highest BCUT2D eigenvalue weighted by molar-refractivity contribution is 5.71. The fraction of sp³-hybridized carbons (Fsp3) is 0.671. The first-order valence-corrected chi connectivity index (χ1v) is 34.2. The largest absolute Gasteiger partial charge is 0.462 e. The van der Waals surface area contributed by atoms with E-state index in [4.69, 9.17) is 14.2 Å². The van der Waals surface area contributed by atoms with E-state index in [2.05, 4.69) is 154 Å². The molecule has 466 valence electrons. The summed E-state index contributed by atoms with van der Waals surface area (Å²) in [6.45, 7) is 6.36. The summed E-state index contributed by atoms with van der Waals surface area (Å²) in [6.07, 6.45) is 97.6. The quantitative estimate of drug-likeness (QED) is 0.0261. The Labute approximate surface area is 506 Å². The lowest BCUT2D eigenvalue weighted by molar-refractivity contribution is -0.167. The fourth-order valence-electron chi connectivity index (χ4n) is 9.32. The predicted octanol–water partition coefficient (Wildman–Crippen LogP) is 23.7. The van der Waals surface area contributed by atoms with Crippen molar-refractivity contribution in [3.63, 3.8) is 0 Å². The Balaban J connectivity index is 4.24. The number of hydrogen-bond donors (Lipinski definition) is 0. The van der Waals surface area contributed by atoms with Crippen LogP contribution >= 0.6 is 0 Å². The van der Waals surface area contributed by atoms with E-state index in [0.717, 1.165) is 148 Å². The number of carbonyl (C=O) groups is 3. The molecule has 1 unspecified atom stereocenters. The van der Waals surface area contributed by atoms with Crippen molar-refractivity contribution in [3.05, 3.63) is 134 Å². The third-order valence-electron chi connectivity index (χ3n) is 14.4. The third-order valence-corrected chi connectivity index (χ3v) is 14.4. The van der Waals surface area contributed by atoms with Gasteiger partial charge in [0.15, 0.2) is 6.10 Å². The molecule has 0 heterocycles. The summed E-state index contributed by atoms with van der Waals surface area (Å²) < 4.78 is 16.9. The van der Waals surface area contributed by atoms with Gasteiger partial charge in [-0.05, 0) is 128 Å². The molecule has 0 rings (SSSR count). The van der Waals surface area contributed by atoms with Crippen LogP contribution in [0.25, 0.3) is 0 Å². The van der Waals surface area contributed by atoms with Crippen molar-refractivity contribution in [1.29, 1.82) is 0 Å². The maximum absolute atomic E-state index is 12.9.